The lowest BCUT2D eigenvalue weighted by molar-refractivity contribution is 0.121. The quantitative estimate of drug-likeness (QED) is 0.592. The number of nitrogens with zero attached hydrogens (tertiary/aromatic N) is 1. The lowest BCUT2D eigenvalue weighted by atomic mass is 10.1. The Kier molecular flexibility index (Phi) is 1.83. The molecule has 0 fully saturated rings. The normalized spacial score (nSPS) is 18.6. The maximum atomic E-state index is 5.82. The van der Waals surface area contributed by atoms with Crippen molar-refractivity contribution >= 4 is 6.21 Å². The first-order chi connectivity index (χ1) is 6.17. The molecule has 13 heavy (non-hydrogen) atoms. The molecule has 0 spiro atoms. The molecular weight excluding hydrogens is 162 g/mol. The van der Waals surface area contributed by atoms with Crippen LogP contribution in [0.25, 0.3) is 0 Å². The first-order valence-corrected chi connectivity index (χ1v) is 4.45. The van der Waals surface area contributed by atoms with Gasteiger partial charge in [0.25, 0.3) is 0 Å². The zero-order valence-corrected chi connectivity index (χ0v) is 7.95. The number of rotatable bonds is 0. The highest BCUT2D eigenvalue weighted by Crippen LogP contribution is 2.24. The van der Waals surface area contributed by atoms with E-state index in [9.17, 15) is 0 Å². The summed E-state index contributed by atoms with van der Waals surface area (Å²) < 4.78 is 5.82. The highest BCUT2D eigenvalue weighted by Gasteiger charge is 2.22. The van der Waals surface area contributed by atoms with E-state index in [1.54, 1.807) is 0 Å². The highest BCUT2D eigenvalue weighted by atomic mass is 16.5. The topological polar surface area (TPSA) is 21.6 Å². The third-order valence-corrected chi connectivity index (χ3v) is 2.01. The summed E-state index contributed by atoms with van der Waals surface area (Å²) in [5.41, 5.74) is 0.872. The molecule has 1 aromatic rings. The second-order valence-corrected chi connectivity index (χ2v) is 3.87. The number of hydrogen-bond acceptors (Lipinski definition) is 2. The number of ether oxygens (including phenoxy) is 1. The number of hydrogen-bond donors (Lipinski definition) is 0. The summed E-state index contributed by atoms with van der Waals surface area (Å²) in [5, 5.41) is 0. The largest absolute Gasteiger partial charge is 0.485 e. The zero-order valence-electron chi connectivity index (χ0n) is 7.95. The van der Waals surface area contributed by atoms with Crippen LogP contribution in [-0.4, -0.2) is 18.4 Å². The molecule has 1 aliphatic rings. The fourth-order valence-corrected chi connectivity index (χ4v) is 1.37. The first kappa shape index (κ1) is 8.30. The van der Waals surface area contributed by atoms with Crippen molar-refractivity contribution in [2.24, 2.45) is 4.99 Å². The van der Waals surface area contributed by atoms with E-state index in [-0.39, 0.29) is 5.60 Å². The van der Waals surface area contributed by atoms with Gasteiger partial charge in [0.1, 0.15) is 11.4 Å². The van der Waals surface area contributed by atoms with Gasteiger partial charge >= 0.3 is 0 Å². The van der Waals surface area contributed by atoms with Gasteiger partial charge in [-0.05, 0) is 26.0 Å². The summed E-state index contributed by atoms with van der Waals surface area (Å²) in [5.74, 6) is 0.925. The van der Waals surface area contributed by atoms with Crippen LogP contribution >= 0.6 is 0 Å². The van der Waals surface area contributed by atoms with E-state index >= 15 is 0 Å². The maximum Gasteiger partial charge on any atom is 0.128 e. The van der Waals surface area contributed by atoms with Crippen molar-refractivity contribution in [1.29, 1.82) is 0 Å². The Labute approximate surface area is 78.3 Å². The molecular formula is C11H13NO. The minimum Gasteiger partial charge on any atom is -0.485 e. The highest BCUT2D eigenvalue weighted by molar-refractivity contribution is 5.83. The van der Waals surface area contributed by atoms with Crippen LogP contribution in [0.2, 0.25) is 0 Å². The van der Waals surface area contributed by atoms with Gasteiger partial charge in [0.05, 0.1) is 6.54 Å². The van der Waals surface area contributed by atoms with Crippen LogP contribution in [0.3, 0.4) is 0 Å². The van der Waals surface area contributed by atoms with Gasteiger partial charge in [0.15, 0.2) is 0 Å². The minimum absolute atomic E-state index is 0.191. The van der Waals surface area contributed by atoms with Crippen LogP contribution in [0.5, 0.6) is 5.75 Å². The third-order valence-electron chi connectivity index (χ3n) is 2.01. The molecule has 0 unspecified atom stereocenters. The smallest absolute Gasteiger partial charge is 0.128 e. The zero-order chi connectivity index (χ0) is 9.31. The Balaban J connectivity index is 2.43. The van der Waals surface area contributed by atoms with Crippen molar-refractivity contribution < 1.29 is 4.74 Å². The number of fused-ring (bicyclic) bond motifs is 1. The van der Waals surface area contributed by atoms with Gasteiger partial charge in [-0.2, -0.15) is 0 Å². The minimum atomic E-state index is -0.191. The molecule has 0 saturated heterocycles. The predicted octanol–water partition coefficient (Wildman–Crippen LogP) is 2.28. The standard InChI is InChI=1S/C11H13NO/c1-11(2)8-12-7-9-5-3-4-6-10(9)13-11/h3-7H,8H2,1-2H3. The predicted molar refractivity (Wildman–Crippen MR) is 53.6 cm³/mol. The van der Waals surface area contributed by atoms with E-state index in [2.05, 4.69) is 4.99 Å². The van der Waals surface area contributed by atoms with E-state index in [0.717, 1.165) is 11.3 Å². The van der Waals surface area contributed by atoms with Gasteiger partial charge in [0.2, 0.25) is 0 Å². The Morgan fingerprint density at radius 1 is 1.31 bits per heavy atom. The fourth-order valence-electron chi connectivity index (χ4n) is 1.37. The molecule has 68 valence electrons. The molecule has 2 nitrogen and oxygen atoms in total. The molecule has 0 radical (unpaired) electrons. The van der Waals surface area contributed by atoms with Crippen LogP contribution in [0.4, 0.5) is 0 Å². The maximum absolute atomic E-state index is 5.82. The van der Waals surface area contributed by atoms with Crippen molar-refractivity contribution in [3.05, 3.63) is 29.8 Å². The summed E-state index contributed by atoms with van der Waals surface area (Å²) in [4.78, 5) is 4.31. The van der Waals surface area contributed by atoms with Crippen molar-refractivity contribution in [1.82, 2.24) is 0 Å². The summed E-state index contributed by atoms with van der Waals surface area (Å²) in [6, 6.07) is 7.97. The molecule has 0 N–H and O–H groups in total. The van der Waals surface area contributed by atoms with E-state index in [1.807, 2.05) is 44.3 Å². The molecule has 0 aromatic heterocycles. The second kappa shape index (κ2) is 2.87. The Hall–Kier alpha value is -1.31. The lowest BCUT2D eigenvalue weighted by Gasteiger charge is -2.23. The number of para-hydroxylation sites is 1. The SMILES string of the molecule is CC1(C)CN=Cc2ccccc2O1. The molecule has 0 aliphatic carbocycles. The van der Waals surface area contributed by atoms with Crippen LogP contribution < -0.4 is 4.74 Å². The van der Waals surface area contributed by atoms with Gasteiger partial charge in [-0.1, -0.05) is 12.1 Å². The third kappa shape index (κ3) is 1.72. The molecule has 2 rings (SSSR count). The van der Waals surface area contributed by atoms with Crippen LogP contribution in [0.15, 0.2) is 29.3 Å². The van der Waals surface area contributed by atoms with Crippen molar-refractivity contribution in [3.63, 3.8) is 0 Å². The van der Waals surface area contributed by atoms with E-state index < -0.39 is 0 Å². The lowest BCUT2D eigenvalue weighted by Crippen LogP contribution is -2.31. The van der Waals surface area contributed by atoms with Crippen molar-refractivity contribution in [3.8, 4) is 5.75 Å². The fraction of sp³-hybridized carbons (Fsp3) is 0.364. The summed E-state index contributed by atoms with van der Waals surface area (Å²) in [6.07, 6.45) is 1.88. The Morgan fingerprint density at radius 3 is 2.92 bits per heavy atom. The molecule has 2 heteroatoms. The first-order valence-electron chi connectivity index (χ1n) is 4.45. The number of aliphatic imine (C=N–C) groups is 1. The van der Waals surface area contributed by atoms with Crippen LogP contribution in [0.1, 0.15) is 19.4 Å². The average molecular weight is 175 g/mol. The number of benzene rings is 1. The molecule has 0 bridgehead atoms. The van der Waals surface area contributed by atoms with Crippen LogP contribution in [0, 0.1) is 0 Å². The van der Waals surface area contributed by atoms with E-state index in [1.165, 1.54) is 0 Å². The van der Waals surface area contributed by atoms with Crippen molar-refractivity contribution in [2.75, 3.05) is 6.54 Å². The van der Waals surface area contributed by atoms with Gasteiger partial charge in [-0.25, -0.2) is 0 Å². The monoisotopic (exact) mass is 175 g/mol. The molecule has 1 heterocycles. The van der Waals surface area contributed by atoms with Gasteiger partial charge in [-0.15, -0.1) is 0 Å². The average Bonchev–Trinajstić information content (AvgIpc) is 2.21. The summed E-state index contributed by atoms with van der Waals surface area (Å²) in [7, 11) is 0. The molecule has 0 atom stereocenters. The summed E-state index contributed by atoms with van der Waals surface area (Å²) in [6.45, 7) is 4.81. The van der Waals surface area contributed by atoms with Gasteiger partial charge in [-0.3, -0.25) is 4.99 Å². The van der Waals surface area contributed by atoms with Gasteiger partial charge < -0.3 is 4.74 Å². The summed E-state index contributed by atoms with van der Waals surface area (Å²) >= 11 is 0. The Morgan fingerprint density at radius 2 is 2.08 bits per heavy atom. The second-order valence-electron chi connectivity index (χ2n) is 3.87. The molecule has 0 saturated carbocycles. The van der Waals surface area contributed by atoms with Crippen LogP contribution in [-0.2, 0) is 0 Å². The van der Waals surface area contributed by atoms with Crippen molar-refractivity contribution in [2.45, 2.75) is 19.4 Å². The molecule has 1 aliphatic heterocycles. The van der Waals surface area contributed by atoms with E-state index in [0.29, 0.717) is 6.54 Å². The Bertz CT molecular complexity index is 342. The molecule has 0 amide bonds. The van der Waals surface area contributed by atoms with Gasteiger partial charge in [0, 0.05) is 11.8 Å². The van der Waals surface area contributed by atoms with E-state index in [4.69, 9.17) is 4.74 Å². The molecule has 1 aromatic carbocycles.